The van der Waals surface area contributed by atoms with Crippen molar-refractivity contribution in [3.63, 3.8) is 0 Å². The monoisotopic (exact) mass is 355 g/mol. The molecule has 6 nitrogen and oxygen atoms in total. The maximum atomic E-state index is 12.3. The molecule has 0 aliphatic heterocycles. The molecule has 0 saturated carbocycles. The van der Waals surface area contributed by atoms with Gasteiger partial charge in [-0.3, -0.25) is 9.59 Å². The largest absolute Gasteiger partial charge is 0.484 e. The van der Waals surface area contributed by atoms with Crippen LogP contribution < -0.4 is 21.1 Å². The number of carbonyl (C=O) groups is 2. The van der Waals surface area contributed by atoms with E-state index in [1.807, 2.05) is 25.1 Å². The molecule has 2 aromatic carbocycles. The number of hydrogen-bond donors (Lipinski definition) is 3. The summed E-state index contributed by atoms with van der Waals surface area (Å²) < 4.78 is 5.50. The Bertz CT molecular complexity index is 745. The van der Waals surface area contributed by atoms with Gasteiger partial charge < -0.3 is 21.1 Å². The first-order valence-corrected chi connectivity index (χ1v) is 8.59. The van der Waals surface area contributed by atoms with Crippen LogP contribution in [0.2, 0.25) is 0 Å². The number of nitrogens with two attached hydrogens (primary N) is 1. The molecule has 0 bridgehead atoms. The molecule has 138 valence electrons. The lowest BCUT2D eigenvalue weighted by atomic mass is 9.96. The lowest BCUT2D eigenvalue weighted by Crippen LogP contribution is -2.48. The molecular weight excluding hydrogens is 330 g/mol. The Kier molecular flexibility index (Phi) is 6.74. The molecule has 0 aromatic heterocycles. The second kappa shape index (κ2) is 9.01. The molecular formula is C20H25N3O3. The summed E-state index contributed by atoms with van der Waals surface area (Å²) >= 11 is 0. The molecule has 1 unspecified atom stereocenters. The number of rotatable bonds is 8. The van der Waals surface area contributed by atoms with Gasteiger partial charge in [-0.25, -0.2) is 0 Å². The van der Waals surface area contributed by atoms with E-state index in [0.29, 0.717) is 23.5 Å². The van der Waals surface area contributed by atoms with Crippen molar-refractivity contribution in [3.05, 3.63) is 54.6 Å². The third kappa shape index (κ3) is 5.89. The second-order valence-electron chi connectivity index (χ2n) is 6.35. The first-order valence-electron chi connectivity index (χ1n) is 8.59. The van der Waals surface area contributed by atoms with Crippen molar-refractivity contribution in [2.45, 2.75) is 32.2 Å². The molecule has 2 amide bonds. The summed E-state index contributed by atoms with van der Waals surface area (Å²) in [6, 6.07) is 16.0. The van der Waals surface area contributed by atoms with Gasteiger partial charge in [0.15, 0.2) is 6.61 Å². The summed E-state index contributed by atoms with van der Waals surface area (Å²) in [5, 5.41) is 5.53. The number of ether oxygens (including phenoxy) is 1. The topological polar surface area (TPSA) is 93.5 Å². The van der Waals surface area contributed by atoms with Crippen molar-refractivity contribution in [1.82, 2.24) is 0 Å². The third-order valence-electron chi connectivity index (χ3n) is 3.81. The van der Waals surface area contributed by atoms with Crippen LogP contribution in [0.15, 0.2) is 54.6 Å². The molecule has 6 heteroatoms. The zero-order valence-electron chi connectivity index (χ0n) is 15.1. The fourth-order valence-corrected chi connectivity index (χ4v) is 2.44. The van der Waals surface area contributed by atoms with E-state index in [1.165, 1.54) is 0 Å². The molecule has 1 atom stereocenters. The Labute approximate surface area is 153 Å². The number of anilines is 2. The number of nitrogens with one attached hydrogen (secondary N) is 2. The molecule has 26 heavy (non-hydrogen) atoms. The van der Waals surface area contributed by atoms with Gasteiger partial charge in [0.1, 0.15) is 5.75 Å². The first-order chi connectivity index (χ1) is 12.4. The van der Waals surface area contributed by atoms with Crippen LogP contribution in [0.5, 0.6) is 5.75 Å². The fraction of sp³-hybridized carbons (Fsp3) is 0.300. The van der Waals surface area contributed by atoms with Gasteiger partial charge in [0, 0.05) is 17.4 Å². The lowest BCUT2D eigenvalue weighted by Gasteiger charge is -2.23. The van der Waals surface area contributed by atoms with Gasteiger partial charge >= 0.3 is 0 Å². The van der Waals surface area contributed by atoms with Crippen molar-refractivity contribution in [1.29, 1.82) is 0 Å². The number of benzene rings is 2. The van der Waals surface area contributed by atoms with Crippen molar-refractivity contribution < 1.29 is 14.3 Å². The Hall–Kier alpha value is -2.86. The zero-order chi connectivity index (χ0) is 19.0. The average Bonchev–Trinajstić information content (AvgIpc) is 2.61. The summed E-state index contributed by atoms with van der Waals surface area (Å²) in [5.41, 5.74) is 6.38. The van der Waals surface area contributed by atoms with Crippen molar-refractivity contribution in [2.24, 2.45) is 5.73 Å². The number of para-hydroxylation sites is 1. The van der Waals surface area contributed by atoms with E-state index in [0.717, 1.165) is 6.42 Å². The first kappa shape index (κ1) is 19.5. The third-order valence-corrected chi connectivity index (χ3v) is 3.81. The van der Waals surface area contributed by atoms with E-state index >= 15 is 0 Å². The van der Waals surface area contributed by atoms with Crippen molar-refractivity contribution in [3.8, 4) is 5.75 Å². The van der Waals surface area contributed by atoms with Crippen LogP contribution >= 0.6 is 0 Å². The maximum absolute atomic E-state index is 12.3. The highest BCUT2D eigenvalue weighted by Crippen LogP contribution is 2.19. The summed E-state index contributed by atoms with van der Waals surface area (Å²) in [6.45, 7) is 3.56. The van der Waals surface area contributed by atoms with E-state index in [9.17, 15) is 9.59 Å². The quantitative estimate of drug-likeness (QED) is 0.678. The highest BCUT2D eigenvalue weighted by Gasteiger charge is 2.27. The molecule has 0 fully saturated rings. The molecule has 0 saturated heterocycles. The predicted molar refractivity (Wildman–Crippen MR) is 103 cm³/mol. The standard InChI is InChI=1S/C20H25N3O3/c1-3-12-20(2,21)19(25)23-16-10-7-11-17(13-16)26-14-18(24)22-15-8-5-4-6-9-15/h4-11,13H,3,12,14,21H2,1-2H3,(H,22,24)(H,23,25). The summed E-state index contributed by atoms with van der Waals surface area (Å²) in [7, 11) is 0. The van der Waals surface area contributed by atoms with Gasteiger partial charge in [-0.05, 0) is 37.6 Å². The molecule has 4 N–H and O–H groups in total. The highest BCUT2D eigenvalue weighted by atomic mass is 16.5. The molecule has 2 rings (SSSR count). The van der Waals surface area contributed by atoms with E-state index < -0.39 is 5.54 Å². The van der Waals surface area contributed by atoms with E-state index in [-0.39, 0.29) is 18.4 Å². The van der Waals surface area contributed by atoms with Crippen LogP contribution in [-0.4, -0.2) is 24.0 Å². The van der Waals surface area contributed by atoms with Gasteiger partial charge in [-0.2, -0.15) is 0 Å². The molecule has 0 aliphatic rings. The average molecular weight is 355 g/mol. The van der Waals surface area contributed by atoms with E-state index in [1.54, 1.807) is 43.3 Å². The van der Waals surface area contributed by atoms with Crippen LogP contribution in [0.3, 0.4) is 0 Å². The zero-order valence-corrected chi connectivity index (χ0v) is 15.1. The van der Waals surface area contributed by atoms with Crippen LogP contribution in [0.25, 0.3) is 0 Å². The summed E-state index contributed by atoms with van der Waals surface area (Å²) in [6.07, 6.45) is 1.41. The Morgan fingerprint density at radius 1 is 1.04 bits per heavy atom. The predicted octanol–water partition coefficient (Wildman–Crippen LogP) is 3.16. The SMILES string of the molecule is CCCC(C)(N)C(=O)Nc1cccc(OCC(=O)Nc2ccccc2)c1. The van der Waals surface area contributed by atoms with E-state index in [4.69, 9.17) is 10.5 Å². The molecule has 0 spiro atoms. The number of hydrogen-bond acceptors (Lipinski definition) is 4. The van der Waals surface area contributed by atoms with Crippen LogP contribution in [-0.2, 0) is 9.59 Å². The minimum Gasteiger partial charge on any atom is -0.484 e. The molecule has 0 heterocycles. The lowest BCUT2D eigenvalue weighted by molar-refractivity contribution is -0.121. The van der Waals surface area contributed by atoms with Gasteiger partial charge in [0.25, 0.3) is 5.91 Å². The minimum atomic E-state index is -0.929. The van der Waals surface area contributed by atoms with Gasteiger partial charge in [-0.15, -0.1) is 0 Å². The summed E-state index contributed by atoms with van der Waals surface area (Å²) in [5.74, 6) is -0.0262. The number of amides is 2. The van der Waals surface area contributed by atoms with Crippen LogP contribution in [0.4, 0.5) is 11.4 Å². The second-order valence-corrected chi connectivity index (χ2v) is 6.35. The van der Waals surface area contributed by atoms with E-state index in [2.05, 4.69) is 10.6 Å². The van der Waals surface area contributed by atoms with Gasteiger partial charge in [0.2, 0.25) is 5.91 Å². The minimum absolute atomic E-state index is 0.128. The summed E-state index contributed by atoms with van der Waals surface area (Å²) in [4.78, 5) is 24.2. The Morgan fingerprint density at radius 3 is 2.42 bits per heavy atom. The Balaban J connectivity index is 1.90. The highest BCUT2D eigenvalue weighted by molar-refractivity contribution is 5.97. The van der Waals surface area contributed by atoms with Gasteiger partial charge in [0.05, 0.1) is 5.54 Å². The van der Waals surface area contributed by atoms with Crippen molar-refractivity contribution >= 4 is 23.2 Å². The number of carbonyl (C=O) groups excluding carboxylic acids is 2. The van der Waals surface area contributed by atoms with Crippen molar-refractivity contribution in [2.75, 3.05) is 17.2 Å². The van der Waals surface area contributed by atoms with Crippen LogP contribution in [0, 0.1) is 0 Å². The Morgan fingerprint density at radius 2 is 1.73 bits per heavy atom. The molecule has 0 aliphatic carbocycles. The fourth-order valence-electron chi connectivity index (χ4n) is 2.44. The normalized spacial score (nSPS) is 12.7. The van der Waals surface area contributed by atoms with Crippen LogP contribution in [0.1, 0.15) is 26.7 Å². The maximum Gasteiger partial charge on any atom is 0.262 e. The smallest absolute Gasteiger partial charge is 0.262 e. The molecule has 2 aromatic rings. The molecule has 0 radical (unpaired) electrons. The van der Waals surface area contributed by atoms with Gasteiger partial charge in [-0.1, -0.05) is 37.6 Å².